The molecule has 0 bridgehead atoms. The number of hydrogen-bond acceptors (Lipinski definition) is 3. The van der Waals surface area contributed by atoms with E-state index in [9.17, 15) is 4.79 Å². The predicted octanol–water partition coefficient (Wildman–Crippen LogP) is 1.49. The fraction of sp³-hybridized carbons (Fsp3) is 0.562. The lowest BCUT2D eigenvalue weighted by Gasteiger charge is -2.29. The maximum absolute atomic E-state index is 12.3. The molecule has 1 saturated heterocycles. The van der Waals surface area contributed by atoms with Crippen LogP contribution in [0.15, 0.2) is 30.3 Å². The summed E-state index contributed by atoms with van der Waals surface area (Å²) in [5.74, 6) is -0.0917. The van der Waals surface area contributed by atoms with Gasteiger partial charge in [0.2, 0.25) is 5.91 Å². The monoisotopic (exact) mass is 276 g/mol. The number of hydrogen-bond donors (Lipinski definition) is 2. The lowest BCUT2D eigenvalue weighted by Crippen LogP contribution is -2.45. The predicted molar refractivity (Wildman–Crippen MR) is 79.3 cm³/mol. The van der Waals surface area contributed by atoms with E-state index in [1.807, 2.05) is 37.3 Å². The minimum Gasteiger partial charge on any atom is -0.378 e. The average molecular weight is 276 g/mol. The Hall–Kier alpha value is -1.39. The molecule has 1 fully saturated rings. The first-order valence-corrected chi connectivity index (χ1v) is 7.35. The minimum atomic E-state index is -0.157. The van der Waals surface area contributed by atoms with Gasteiger partial charge in [0.25, 0.3) is 0 Å². The van der Waals surface area contributed by atoms with Gasteiger partial charge in [0, 0.05) is 19.2 Å². The first kappa shape index (κ1) is 15.0. The third-order valence-electron chi connectivity index (χ3n) is 3.81. The molecule has 110 valence electrons. The Morgan fingerprint density at radius 2 is 2.20 bits per heavy atom. The molecule has 1 aliphatic rings. The molecule has 0 spiro atoms. The lowest BCUT2D eigenvalue weighted by atomic mass is 9.97. The summed E-state index contributed by atoms with van der Waals surface area (Å²) in [6.45, 7) is 3.14. The van der Waals surface area contributed by atoms with Gasteiger partial charge < -0.3 is 15.8 Å². The van der Waals surface area contributed by atoms with Gasteiger partial charge in [0.1, 0.15) is 0 Å². The van der Waals surface area contributed by atoms with Gasteiger partial charge in [0.05, 0.1) is 12.0 Å². The van der Waals surface area contributed by atoms with Crippen molar-refractivity contribution in [2.24, 2.45) is 11.7 Å². The van der Waals surface area contributed by atoms with Crippen molar-refractivity contribution in [3.8, 4) is 0 Å². The van der Waals surface area contributed by atoms with E-state index in [4.69, 9.17) is 10.5 Å². The van der Waals surface area contributed by atoms with Crippen molar-refractivity contribution in [1.82, 2.24) is 5.32 Å². The molecule has 0 aromatic heterocycles. The van der Waals surface area contributed by atoms with E-state index in [-0.39, 0.29) is 24.0 Å². The Morgan fingerprint density at radius 1 is 1.45 bits per heavy atom. The fourth-order valence-corrected chi connectivity index (χ4v) is 2.63. The molecule has 0 saturated carbocycles. The van der Waals surface area contributed by atoms with E-state index in [0.29, 0.717) is 13.0 Å². The van der Waals surface area contributed by atoms with Crippen molar-refractivity contribution < 1.29 is 9.53 Å². The molecule has 2 rings (SSSR count). The highest BCUT2D eigenvalue weighted by Gasteiger charge is 2.24. The number of benzene rings is 1. The van der Waals surface area contributed by atoms with Crippen molar-refractivity contribution in [1.29, 1.82) is 0 Å². The minimum absolute atomic E-state index is 0.0652. The standard InChI is InChI=1S/C16H24N2O2/c1-12-9-15(7-8-20-12)18-16(19)14(11-17)10-13-5-3-2-4-6-13/h2-6,12,14-15H,7-11,17H2,1H3,(H,18,19). The maximum atomic E-state index is 12.3. The van der Waals surface area contributed by atoms with Gasteiger partial charge in [0.15, 0.2) is 0 Å². The molecule has 1 aromatic rings. The highest BCUT2D eigenvalue weighted by atomic mass is 16.5. The van der Waals surface area contributed by atoms with E-state index in [0.717, 1.165) is 25.0 Å². The van der Waals surface area contributed by atoms with Gasteiger partial charge in [-0.3, -0.25) is 4.79 Å². The van der Waals surface area contributed by atoms with Crippen LogP contribution in [0.5, 0.6) is 0 Å². The molecule has 4 nitrogen and oxygen atoms in total. The van der Waals surface area contributed by atoms with Gasteiger partial charge in [-0.2, -0.15) is 0 Å². The summed E-state index contributed by atoms with van der Waals surface area (Å²) in [6, 6.07) is 10.2. The summed E-state index contributed by atoms with van der Waals surface area (Å²) in [5.41, 5.74) is 6.92. The van der Waals surface area contributed by atoms with Crippen molar-refractivity contribution in [3.05, 3.63) is 35.9 Å². The number of ether oxygens (including phenoxy) is 1. The first-order chi connectivity index (χ1) is 9.69. The van der Waals surface area contributed by atoms with E-state index >= 15 is 0 Å². The zero-order chi connectivity index (χ0) is 14.4. The molecule has 1 heterocycles. The molecule has 1 aromatic carbocycles. The normalized spacial score (nSPS) is 24.1. The summed E-state index contributed by atoms with van der Waals surface area (Å²) in [4.78, 5) is 12.3. The molecule has 1 amide bonds. The number of rotatable bonds is 5. The van der Waals surface area contributed by atoms with E-state index in [1.165, 1.54) is 0 Å². The van der Waals surface area contributed by atoms with E-state index < -0.39 is 0 Å². The maximum Gasteiger partial charge on any atom is 0.224 e. The van der Waals surface area contributed by atoms with Crippen LogP contribution in [0.1, 0.15) is 25.3 Å². The van der Waals surface area contributed by atoms with Crippen LogP contribution >= 0.6 is 0 Å². The van der Waals surface area contributed by atoms with Crippen LogP contribution in [0.25, 0.3) is 0 Å². The van der Waals surface area contributed by atoms with Crippen LogP contribution in [0.2, 0.25) is 0 Å². The Kier molecular flexibility index (Phi) is 5.56. The second-order valence-electron chi connectivity index (χ2n) is 5.53. The second kappa shape index (κ2) is 7.41. The van der Waals surface area contributed by atoms with Gasteiger partial charge in [-0.05, 0) is 31.7 Å². The summed E-state index contributed by atoms with van der Waals surface area (Å²) in [6.07, 6.45) is 2.69. The van der Waals surface area contributed by atoms with Crippen LogP contribution < -0.4 is 11.1 Å². The van der Waals surface area contributed by atoms with Crippen molar-refractivity contribution in [2.45, 2.75) is 38.3 Å². The number of nitrogens with one attached hydrogen (secondary N) is 1. The lowest BCUT2D eigenvalue weighted by molar-refractivity contribution is -0.126. The Morgan fingerprint density at radius 3 is 2.85 bits per heavy atom. The Bertz CT molecular complexity index is 422. The van der Waals surface area contributed by atoms with Crippen molar-refractivity contribution in [2.75, 3.05) is 13.2 Å². The van der Waals surface area contributed by atoms with Crippen LogP contribution in [-0.4, -0.2) is 31.2 Å². The third kappa shape index (κ3) is 4.32. The average Bonchev–Trinajstić information content (AvgIpc) is 2.45. The molecule has 20 heavy (non-hydrogen) atoms. The van der Waals surface area contributed by atoms with Crippen LogP contribution in [0.4, 0.5) is 0 Å². The van der Waals surface area contributed by atoms with Crippen LogP contribution in [0.3, 0.4) is 0 Å². The highest BCUT2D eigenvalue weighted by molar-refractivity contribution is 5.79. The zero-order valence-corrected chi connectivity index (χ0v) is 12.0. The SMILES string of the molecule is CC1CC(NC(=O)C(CN)Cc2ccccc2)CCO1. The molecular formula is C16H24N2O2. The van der Waals surface area contributed by atoms with Gasteiger partial charge in [-0.15, -0.1) is 0 Å². The number of nitrogens with two attached hydrogens (primary N) is 1. The molecule has 4 heteroatoms. The molecule has 0 radical (unpaired) electrons. The quantitative estimate of drug-likeness (QED) is 0.856. The second-order valence-corrected chi connectivity index (χ2v) is 5.53. The summed E-state index contributed by atoms with van der Waals surface area (Å²) in [5, 5.41) is 3.12. The fourth-order valence-electron chi connectivity index (χ4n) is 2.63. The Labute approximate surface area is 120 Å². The molecule has 3 unspecified atom stereocenters. The molecule has 3 atom stereocenters. The first-order valence-electron chi connectivity index (χ1n) is 7.35. The van der Waals surface area contributed by atoms with Crippen LogP contribution in [-0.2, 0) is 16.0 Å². The highest BCUT2D eigenvalue weighted by Crippen LogP contribution is 2.15. The van der Waals surface area contributed by atoms with Gasteiger partial charge >= 0.3 is 0 Å². The van der Waals surface area contributed by atoms with Gasteiger partial charge in [-0.25, -0.2) is 0 Å². The molecular weight excluding hydrogens is 252 g/mol. The van der Waals surface area contributed by atoms with Gasteiger partial charge in [-0.1, -0.05) is 30.3 Å². The summed E-state index contributed by atoms with van der Waals surface area (Å²) < 4.78 is 5.50. The summed E-state index contributed by atoms with van der Waals surface area (Å²) in [7, 11) is 0. The summed E-state index contributed by atoms with van der Waals surface area (Å²) >= 11 is 0. The van der Waals surface area contributed by atoms with Crippen molar-refractivity contribution in [3.63, 3.8) is 0 Å². The molecule has 0 aliphatic carbocycles. The van der Waals surface area contributed by atoms with Crippen molar-refractivity contribution >= 4 is 5.91 Å². The zero-order valence-electron chi connectivity index (χ0n) is 12.0. The largest absolute Gasteiger partial charge is 0.378 e. The van der Waals surface area contributed by atoms with E-state index in [1.54, 1.807) is 0 Å². The van der Waals surface area contributed by atoms with E-state index in [2.05, 4.69) is 5.32 Å². The number of carbonyl (C=O) groups is 1. The molecule has 3 N–H and O–H groups in total. The van der Waals surface area contributed by atoms with Crippen LogP contribution in [0, 0.1) is 5.92 Å². The smallest absolute Gasteiger partial charge is 0.224 e. The third-order valence-corrected chi connectivity index (χ3v) is 3.81. The number of amides is 1. The Balaban J connectivity index is 1.88. The molecule has 1 aliphatic heterocycles. The topological polar surface area (TPSA) is 64.4 Å². The number of carbonyl (C=O) groups excluding carboxylic acids is 1.